The lowest BCUT2D eigenvalue weighted by Crippen LogP contribution is -2.75. The van der Waals surface area contributed by atoms with Gasteiger partial charge in [0.1, 0.15) is 11.4 Å². The number of hydrogen-bond acceptors (Lipinski definition) is 8. The Hall–Kier alpha value is -1.32. The number of hydrogen-bond donors (Lipinski definition) is 0. The first kappa shape index (κ1) is 20.0. The maximum atomic E-state index is 12.5. The first-order chi connectivity index (χ1) is 11.4. The normalized spacial score (nSPS) is 26.7. The summed E-state index contributed by atoms with van der Waals surface area (Å²) in [5.74, 6) is -2.91. The van der Waals surface area contributed by atoms with Crippen LogP contribution >= 0.6 is 11.8 Å². The van der Waals surface area contributed by atoms with Gasteiger partial charge in [0.25, 0.3) is 11.7 Å². The standard InChI is InChI=1S/C16H25NO7S/c1-14(2,3)13(20)24-8-23-10(18)9-15(4,5)25-12-16(21-6,22-7)11(19)17(9)12/h9,12H,8H2,1-7H3/t9-,12+/m0/s1. The summed E-state index contributed by atoms with van der Waals surface area (Å²) in [5.41, 5.74) is -0.691. The molecule has 0 aromatic rings. The maximum absolute atomic E-state index is 12.5. The van der Waals surface area contributed by atoms with E-state index in [1.807, 2.05) is 13.8 Å². The van der Waals surface area contributed by atoms with Crippen molar-refractivity contribution >= 4 is 29.6 Å². The lowest BCUT2D eigenvalue weighted by molar-refractivity contribution is -0.267. The zero-order valence-electron chi connectivity index (χ0n) is 15.6. The number of β-lactam (4-membered cyclic amide) rings is 1. The zero-order chi connectivity index (χ0) is 19.2. The summed E-state index contributed by atoms with van der Waals surface area (Å²) in [6.07, 6.45) is 0. The molecule has 8 nitrogen and oxygen atoms in total. The Morgan fingerprint density at radius 1 is 1.16 bits per heavy atom. The van der Waals surface area contributed by atoms with Crippen LogP contribution in [0.4, 0.5) is 0 Å². The fourth-order valence-electron chi connectivity index (χ4n) is 2.88. The van der Waals surface area contributed by atoms with Gasteiger partial charge in [-0.05, 0) is 34.6 Å². The third-order valence-corrected chi connectivity index (χ3v) is 5.89. The van der Waals surface area contributed by atoms with Gasteiger partial charge in [-0.25, -0.2) is 4.79 Å². The van der Waals surface area contributed by atoms with E-state index < -0.39 is 52.0 Å². The van der Waals surface area contributed by atoms with Crippen LogP contribution in [0.5, 0.6) is 0 Å². The smallest absolute Gasteiger partial charge is 0.333 e. The summed E-state index contributed by atoms with van der Waals surface area (Å²) in [5, 5.41) is -0.445. The van der Waals surface area contributed by atoms with E-state index in [2.05, 4.69) is 0 Å². The van der Waals surface area contributed by atoms with Crippen LogP contribution in [0.1, 0.15) is 34.6 Å². The van der Waals surface area contributed by atoms with Gasteiger partial charge in [0, 0.05) is 19.0 Å². The van der Waals surface area contributed by atoms with Crippen molar-refractivity contribution in [1.29, 1.82) is 0 Å². The third-order valence-electron chi connectivity index (χ3n) is 4.30. The Balaban J connectivity index is 2.05. The van der Waals surface area contributed by atoms with E-state index in [-0.39, 0.29) is 0 Å². The van der Waals surface area contributed by atoms with Crippen molar-refractivity contribution in [3.8, 4) is 0 Å². The Morgan fingerprint density at radius 3 is 2.20 bits per heavy atom. The molecule has 25 heavy (non-hydrogen) atoms. The molecule has 2 saturated heterocycles. The number of nitrogens with zero attached hydrogens (tertiary/aromatic N) is 1. The second-order valence-corrected chi connectivity index (χ2v) is 9.26. The van der Waals surface area contributed by atoms with Crippen molar-refractivity contribution in [2.45, 2.75) is 56.6 Å². The molecule has 0 bridgehead atoms. The molecule has 2 rings (SSSR count). The average Bonchev–Trinajstić information content (AvgIpc) is 2.77. The molecular formula is C16H25NO7S. The summed E-state index contributed by atoms with van der Waals surface area (Å²) in [4.78, 5) is 38.2. The van der Waals surface area contributed by atoms with Gasteiger partial charge in [0.05, 0.1) is 5.41 Å². The highest BCUT2D eigenvalue weighted by Crippen LogP contribution is 2.56. The number of amides is 1. The first-order valence-electron chi connectivity index (χ1n) is 7.87. The SMILES string of the molecule is COC1(OC)C(=O)N2[C@@H](C(=O)OCOC(=O)C(C)(C)C)C(C)(C)S[C@@H]21. The number of fused-ring (bicyclic) bond motifs is 1. The van der Waals surface area contributed by atoms with Crippen molar-refractivity contribution < 1.29 is 33.3 Å². The quantitative estimate of drug-likeness (QED) is 0.401. The minimum atomic E-state index is -1.38. The fraction of sp³-hybridized carbons (Fsp3) is 0.812. The molecule has 0 spiro atoms. The molecule has 0 aliphatic carbocycles. The molecular weight excluding hydrogens is 350 g/mol. The Morgan fingerprint density at radius 2 is 1.72 bits per heavy atom. The summed E-state index contributed by atoms with van der Waals surface area (Å²) in [6.45, 7) is 8.29. The number of carbonyl (C=O) groups is 3. The molecule has 142 valence electrons. The summed E-state index contributed by atoms with van der Waals surface area (Å²) in [7, 11) is 2.79. The van der Waals surface area contributed by atoms with Gasteiger partial charge in [0.15, 0.2) is 0 Å². The van der Waals surface area contributed by atoms with Gasteiger partial charge in [-0.2, -0.15) is 0 Å². The van der Waals surface area contributed by atoms with Gasteiger partial charge in [-0.1, -0.05) is 0 Å². The summed E-state index contributed by atoms with van der Waals surface area (Å²) >= 11 is 1.40. The second-order valence-electron chi connectivity index (χ2n) is 7.53. The maximum Gasteiger partial charge on any atom is 0.333 e. The predicted octanol–water partition coefficient (Wildman–Crippen LogP) is 1.13. The Bertz CT molecular complexity index is 580. The van der Waals surface area contributed by atoms with Crippen molar-refractivity contribution in [2.75, 3.05) is 21.0 Å². The Labute approximate surface area is 151 Å². The molecule has 9 heteroatoms. The number of carbonyl (C=O) groups excluding carboxylic acids is 3. The molecule has 2 fully saturated rings. The lowest BCUT2D eigenvalue weighted by atomic mass is 9.95. The average molecular weight is 375 g/mol. The van der Waals surface area contributed by atoms with E-state index in [1.165, 1.54) is 30.9 Å². The van der Waals surface area contributed by atoms with Crippen LogP contribution < -0.4 is 0 Å². The molecule has 0 saturated carbocycles. The van der Waals surface area contributed by atoms with E-state index in [4.69, 9.17) is 18.9 Å². The minimum Gasteiger partial charge on any atom is -0.427 e. The van der Waals surface area contributed by atoms with E-state index in [9.17, 15) is 14.4 Å². The van der Waals surface area contributed by atoms with Crippen LogP contribution in [0, 0.1) is 5.41 Å². The highest BCUT2D eigenvalue weighted by atomic mass is 32.2. The molecule has 0 unspecified atom stereocenters. The fourth-order valence-corrected chi connectivity index (χ4v) is 4.57. The molecule has 0 radical (unpaired) electrons. The van der Waals surface area contributed by atoms with E-state index >= 15 is 0 Å². The second kappa shape index (κ2) is 6.44. The van der Waals surface area contributed by atoms with Crippen LogP contribution in [0.15, 0.2) is 0 Å². The Kier molecular flexibility index (Phi) is 5.15. The van der Waals surface area contributed by atoms with Gasteiger partial charge in [-0.15, -0.1) is 11.8 Å². The monoisotopic (exact) mass is 375 g/mol. The number of thioether (sulfide) groups is 1. The predicted molar refractivity (Wildman–Crippen MR) is 89.3 cm³/mol. The lowest BCUT2D eigenvalue weighted by Gasteiger charge is -2.50. The summed E-state index contributed by atoms with van der Waals surface area (Å²) in [6, 6.07) is -0.818. The molecule has 2 atom stereocenters. The third kappa shape index (κ3) is 3.13. The van der Waals surface area contributed by atoms with Gasteiger partial charge >= 0.3 is 11.9 Å². The largest absolute Gasteiger partial charge is 0.427 e. The van der Waals surface area contributed by atoms with E-state index in [0.29, 0.717) is 0 Å². The topological polar surface area (TPSA) is 91.4 Å². The van der Waals surface area contributed by atoms with Crippen LogP contribution in [0.2, 0.25) is 0 Å². The molecule has 2 aliphatic rings. The number of esters is 2. The molecule has 2 aliphatic heterocycles. The van der Waals surface area contributed by atoms with Gasteiger partial charge in [0.2, 0.25) is 6.79 Å². The van der Waals surface area contributed by atoms with Crippen LogP contribution in [-0.2, 0) is 33.3 Å². The molecule has 0 aromatic carbocycles. The number of methoxy groups -OCH3 is 2. The number of ether oxygens (including phenoxy) is 4. The first-order valence-corrected chi connectivity index (χ1v) is 8.75. The highest BCUT2D eigenvalue weighted by Gasteiger charge is 2.73. The van der Waals surface area contributed by atoms with Gasteiger partial charge in [-0.3, -0.25) is 9.59 Å². The minimum absolute atomic E-state index is 0.422. The molecule has 1 amide bonds. The zero-order valence-corrected chi connectivity index (χ0v) is 16.4. The van der Waals surface area contributed by atoms with Crippen molar-refractivity contribution in [2.24, 2.45) is 5.41 Å². The van der Waals surface area contributed by atoms with Crippen molar-refractivity contribution in [3.05, 3.63) is 0 Å². The molecule has 2 heterocycles. The van der Waals surface area contributed by atoms with E-state index in [1.54, 1.807) is 20.8 Å². The highest BCUT2D eigenvalue weighted by molar-refractivity contribution is 8.01. The van der Waals surface area contributed by atoms with Crippen molar-refractivity contribution in [3.63, 3.8) is 0 Å². The van der Waals surface area contributed by atoms with Gasteiger partial charge < -0.3 is 23.8 Å². The van der Waals surface area contributed by atoms with Crippen LogP contribution in [0.25, 0.3) is 0 Å². The van der Waals surface area contributed by atoms with Crippen molar-refractivity contribution in [1.82, 2.24) is 4.90 Å². The van der Waals surface area contributed by atoms with E-state index in [0.717, 1.165) is 0 Å². The molecule has 0 aromatic heterocycles. The summed E-state index contributed by atoms with van der Waals surface area (Å²) < 4.78 is 20.0. The van der Waals surface area contributed by atoms with Crippen LogP contribution in [0.3, 0.4) is 0 Å². The van der Waals surface area contributed by atoms with Crippen LogP contribution in [-0.4, -0.2) is 65.7 Å². The molecule has 0 N–H and O–H groups in total. The number of rotatable bonds is 5.